The molecular formula is C15H23N. The summed E-state index contributed by atoms with van der Waals surface area (Å²) in [7, 11) is 0. The van der Waals surface area contributed by atoms with Crippen LogP contribution in [-0.4, -0.2) is 6.04 Å². The Morgan fingerprint density at radius 2 is 2.00 bits per heavy atom. The zero-order valence-electron chi connectivity index (χ0n) is 10.7. The van der Waals surface area contributed by atoms with E-state index in [0.29, 0.717) is 6.04 Å². The molecule has 2 rings (SSSR count). The van der Waals surface area contributed by atoms with Crippen molar-refractivity contribution >= 4 is 0 Å². The smallest absolute Gasteiger partial charge is 0.0297 e. The highest BCUT2D eigenvalue weighted by Gasteiger charge is 2.30. The molecule has 0 bridgehead atoms. The number of rotatable bonds is 5. The summed E-state index contributed by atoms with van der Waals surface area (Å²) in [4.78, 5) is 0. The summed E-state index contributed by atoms with van der Waals surface area (Å²) in [6.45, 7) is 6.78. The molecule has 0 spiro atoms. The van der Waals surface area contributed by atoms with E-state index in [9.17, 15) is 0 Å². The van der Waals surface area contributed by atoms with Gasteiger partial charge in [0.2, 0.25) is 0 Å². The Bertz CT molecular complexity index is 341. The summed E-state index contributed by atoms with van der Waals surface area (Å²) >= 11 is 0. The second-order valence-corrected chi connectivity index (χ2v) is 5.10. The highest BCUT2D eigenvalue weighted by molar-refractivity contribution is 5.28. The molecule has 1 aromatic carbocycles. The van der Waals surface area contributed by atoms with Crippen molar-refractivity contribution in [3.05, 3.63) is 35.4 Å². The van der Waals surface area contributed by atoms with Crippen molar-refractivity contribution in [1.82, 2.24) is 5.32 Å². The second-order valence-electron chi connectivity index (χ2n) is 5.10. The highest BCUT2D eigenvalue weighted by atomic mass is 15.0. The predicted molar refractivity (Wildman–Crippen MR) is 69.5 cm³/mol. The van der Waals surface area contributed by atoms with Crippen molar-refractivity contribution in [3.8, 4) is 0 Å². The average Bonchev–Trinajstić information content (AvgIpc) is 3.10. The third-order valence-corrected chi connectivity index (χ3v) is 3.75. The van der Waals surface area contributed by atoms with Crippen molar-refractivity contribution < 1.29 is 0 Å². The summed E-state index contributed by atoms with van der Waals surface area (Å²) in [6.07, 6.45) is 4.10. The van der Waals surface area contributed by atoms with Gasteiger partial charge in [-0.15, -0.1) is 0 Å². The Morgan fingerprint density at radius 3 is 2.56 bits per heavy atom. The Labute approximate surface area is 99.3 Å². The molecule has 0 heterocycles. The zero-order valence-corrected chi connectivity index (χ0v) is 10.7. The fraction of sp³-hybridized carbons (Fsp3) is 0.600. The van der Waals surface area contributed by atoms with E-state index in [-0.39, 0.29) is 0 Å². The molecule has 88 valence electrons. The van der Waals surface area contributed by atoms with Crippen LogP contribution < -0.4 is 5.32 Å². The van der Waals surface area contributed by atoms with Crippen LogP contribution in [0.3, 0.4) is 0 Å². The van der Waals surface area contributed by atoms with Crippen LogP contribution >= 0.6 is 0 Å². The molecule has 1 aliphatic carbocycles. The minimum Gasteiger partial charge on any atom is -0.307 e. The van der Waals surface area contributed by atoms with Crippen molar-refractivity contribution in [2.24, 2.45) is 5.92 Å². The third kappa shape index (κ3) is 2.65. The highest BCUT2D eigenvalue weighted by Crippen LogP contribution is 2.35. The van der Waals surface area contributed by atoms with E-state index in [1.165, 1.54) is 30.4 Å². The molecule has 1 nitrogen and oxygen atoms in total. The quantitative estimate of drug-likeness (QED) is 0.790. The van der Waals surface area contributed by atoms with Crippen LogP contribution in [0.4, 0.5) is 0 Å². The van der Waals surface area contributed by atoms with Gasteiger partial charge < -0.3 is 5.32 Å². The molecule has 0 amide bonds. The Hall–Kier alpha value is -0.820. The topological polar surface area (TPSA) is 12.0 Å². The van der Waals surface area contributed by atoms with Crippen LogP contribution in [0.5, 0.6) is 0 Å². The zero-order chi connectivity index (χ0) is 11.5. The van der Waals surface area contributed by atoms with Crippen LogP contribution in [0, 0.1) is 12.8 Å². The van der Waals surface area contributed by atoms with E-state index in [1.807, 2.05) is 0 Å². The molecule has 1 aliphatic rings. The van der Waals surface area contributed by atoms with E-state index in [2.05, 4.69) is 50.4 Å². The number of nitrogens with one attached hydrogen (secondary N) is 1. The molecule has 0 aliphatic heterocycles. The molecule has 1 fully saturated rings. The molecule has 0 saturated heterocycles. The van der Waals surface area contributed by atoms with Gasteiger partial charge in [0.25, 0.3) is 0 Å². The second kappa shape index (κ2) is 5.01. The first-order valence-electron chi connectivity index (χ1n) is 6.54. The maximum absolute atomic E-state index is 3.79. The molecule has 2 atom stereocenters. The fourth-order valence-corrected chi connectivity index (χ4v) is 2.57. The van der Waals surface area contributed by atoms with E-state index in [1.54, 1.807) is 0 Å². The van der Waals surface area contributed by atoms with Gasteiger partial charge in [-0.2, -0.15) is 0 Å². The van der Waals surface area contributed by atoms with Gasteiger partial charge >= 0.3 is 0 Å². The van der Waals surface area contributed by atoms with Crippen LogP contribution in [-0.2, 0) is 0 Å². The molecule has 1 saturated carbocycles. The van der Waals surface area contributed by atoms with Crippen molar-refractivity contribution in [2.75, 3.05) is 0 Å². The van der Waals surface area contributed by atoms with Crippen LogP contribution in [0.1, 0.15) is 50.3 Å². The van der Waals surface area contributed by atoms with Gasteiger partial charge in [-0.3, -0.25) is 0 Å². The van der Waals surface area contributed by atoms with Crippen molar-refractivity contribution in [2.45, 2.75) is 52.1 Å². The summed E-state index contributed by atoms with van der Waals surface area (Å²) < 4.78 is 0. The number of benzene rings is 1. The molecular weight excluding hydrogens is 194 g/mol. The summed E-state index contributed by atoms with van der Waals surface area (Å²) in [5.41, 5.74) is 2.84. The lowest BCUT2D eigenvalue weighted by Crippen LogP contribution is -2.33. The normalized spacial score (nSPS) is 19.4. The molecule has 1 unspecified atom stereocenters. The molecule has 1 N–H and O–H groups in total. The number of hydrogen-bond donors (Lipinski definition) is 1. The third-order valence-electron chi connectivity index (χ3n) is 3.75. The Morgan fingerprint density at radius 1 is 1.31 bits per heavy atom. The van der Waals surface area contributed by atoms with Crippen molar-refractivity contribution in [3.63, 3.8) is 0 Å². The predicted octanol–water partition coefficient (Wildman–Crippen LogP) is 3.83. The van der Waals surface area contributed by atoms with Gasteiger partial charge in [0, 0.05) is 12.1 Å². The minimum absolute atomic E-state index is 0.478. The van der Waals surface area contributed by atoms with Gasteiger partial charge in [-0.05, 0) is 50.2 Å². The minimum atomic E-state index is 0.478. The van der Waals surface area contributed by atoms with Gasteiger partial charge in [-0.25, -0.2) is 0 Å². The molecule has 16 heavy (non-hydrogen) atoms. The lowest BCUT2D eigenvalue weighted by atomic mass is 10.0. The lowest BCUT2D eigenvalue weighted by molar-refractivity contribution is 0.404. The lowest BCUT2D eigenvalue weighted by Gasteiger charge is -2.23. The Balaban J connectivity index is 2.01. The first kappa shape index (κ1) is 11.7. The maximum atomic E-state index is 3.79. The summed E-state index contributed by atoms with van der Waals surface area (Å²) in [6, 6.07) is 9.89. The number of hydrogen-bond acceptors (Lipinski definition) is 1. The summed E-state index contributed by atoms with van der Waals surface area (Å²) in [5.74, 6) is 0.941. The average molecular weight is 217 g/mol. The SMILES string of the molecule is CCC(N[C@H](C)c1ccccc1C)C1CC1. The van der Waals surface area contributed by atoms with E-state index in [4.69, 9.17) is 0 Å². The van der Waals surface area contributed by atoms with Gasteiger partial charge in [0.1, 0.15) is 0 Å². The standard InChI is InChI=1S/C15H23N/c1-4-15(13-9-10-13)16-12(3)14-8-6-5-7-11(14)2/h5-8,12-13,15-16H,4,9-10H2,1-3H3/t12-,15?/m1/s1. The van der Waals surface area contributed by atoms with E-state index in [0.717, 1.165) is 12.0 Å². The van der Waals surface area contributed by atoms with Crippen LogP contribution in [0.25, 0.3) is 0 Å². The molecule has 0 aromatic heterocycles. The van der Waals surface area contributed by atoms with E-state index < -0.39 is 0 Å². The van der Waals surface area contributed by atoms with E-state index >= 15 is 0 Å². The van der Waals surface area contributed by atoms with Gasteiger partial charge in [0.15, 0.2) is 0 Å². The number of aryl methyl sites for hydroxylation is 1. The van der Waals surface area contributed by atoms with Crippen LogP contribution in [0.15, 0.2) is 24.3 Å². The monoisotopic (exact) mass is 217 g/mol. The largest absolute Gasteiger partial charge is 0.307 e. The van der Waals surface area contributed by atoms with Crippen molar-refractivity contribution in [1.29, 1.82) is 0 Å². The molecule has 1 heteroatoms. The van der Waals surface area contributed by atoms with Crippen LogP contribution in [0.2, 0.25) is 0 Å². The first-order valence-corrected chi connectivity index (χ1v) is 6.54. The maximum Gasteiger partial charge on any atom is 0.0297 e. The molecule has 1 aromatic rings. The molecule has 0 radical (unpaired) electrons. The van der Waals surface area contributed by atoms with Gasteiger partial charge in [-0.1, -0.05) is 31.2 Å². The fourth-order valence-electron chi connectivity index (χ4n) is 2.57. The van der Waals surface area contributed by atoms with Gasteiger partial charge in [0.05, 0.1) is 0 Å². The first-order chi connectivity index (χ1) is 7.72. The Kier molecular flexibility index (Phi) is 3.65. The summed E-state index contributed by atoms with van der Waals surface area (Å²) in [5, 5.41) is 3.79.